The Bertz CT molecular complexity index is 613. The zero-order valence-electron chi connectivity index (χ0n) is 14.1. The van der Waals surface area contributed by atoms with Gasteiger partial charge in [0.15, 0.2) is 18.1 Å². The third-order valence-electron chi connectivity index (χ3n) is 3.66. The van der Waals surface area contributed by atoms with Gasteiger partial charge in [-0.15, -0.1) is 0 Å². The summed E-state index contributed by atoms with van der Waals surface area (Å²) in [6, 6.07) is 4.53. The number of aliphatic carboxylic acids is 1. The maximum Gasteiger partial charge on any atom is 0.326 e. The van der Waals surface area contributed by atoms with Crippen LogP contribution in [-0.2, 0) is 20.7 Å². The first-order valence-electron chi connectivity index (χ1n) is 7.77. The van der Waals surface area contributed by atoms with Crippen molar-refractivity contribution >= 4 is 11.9 Å². The first-order chi connectivity index (χ1) is 11.3. The average Bonchev–Trinajstić information content (AvgIpc) is 2.83. The summed E-state index contributed by atoms with van der Waals surface area (Å²) in [6.45, 7) is 3.93. The largest absolute Gasteiger partial charge is 0.483 e. The highest BCUT2D eigenvalue weighted by atomic mass is 16.5. The van der Waals surface area contributed by atoms with Gasteiger partial charge in [0.2, 0.25) is 0 Å². The molecule has 0 saturated carbocycles. The van der Waals surface area contributed by atoms with Gasteiger partial charge >= 0.3 is 5.97 Å². The van der Waals surface area contributed by atoms with Gasteiger partial charge in [-0.25, -0.2) is 4.79 Å². The summed E-state index contributed by atoms with van der Waals surface area (Å²) in [4.78, 5) is 23.0. The minimum Gasteiger partial charge on any atom is -0.483 e. The number of benzene rings is 1. The number of carboxylic acids is 1. The van der Waals surface area contributed by atoms with Crippen LogP contribution in [0, 0.1) is 0 Å². The molecule has 2 N–H and O–H groups in total. The first kappa shape index (κ1) is 18.1. The topological polar surface area (TPSA) is 94.1 Å². The minimum atomic E-state index is -1.11. The number of carbonyl (C=O) groups is 2. The fraction of sp³-hybridized carbons (Fsp3) is 0.529. The van der Waals surface area contributed by atoms with Crippen molar-refractivity contribution in [2.24, 2.45) is 0 Å². The smallest absolute Gasteiger partial charge is 0.326 e. The van der Waals surface area contributed by atoms with E-state index in [0.29, 0.717) is 11.5 Å². The number of amides is 1. The number of fused-ring (bicyclic) bond motifs is 1. The molecular formula is C17H23NO6. The summed E-state index contributed by atoms with van der Waals surface area (Å²) >= 11 is 0. The molecule has 0 aromatic heterocycles. The zero-order chi connectivity index (χ0) is 17.7. The van der Waals surface area contributed by atoms with Gasteiger partial charge in [-0.1, -0.05) is 12.1 Å². The molecule has 0 bridgehead atoms. The number of methoxy groups -OCH3 is 1. The molecule has 1 amide bonds. The Hall–Kier alpha value is -2.28. The van der Waals surface area contributed by atoms with E-state index in [-0.39, 0.29) is 25.2 Å². The summed E-state index contributed by atoms with van der Waals surface area (Å²) in [7, 11) is 1.47. The van der Waals surface area contributed by atoms with Crippen LogP contribution in [0.5, 0.6) is 11.5 Å². The SMILES string of the molecule is COCCC(NC(=O)COc1cccc2c1OC(C)(C)C2)C(=O)O. The molecule has 7 nitrogen and oxygen atoms in total. The number of nitrogens with one attached hydrogen (secondary N) is 1. The molecule has 0 aliphatic carbocycles. The molecule has 24 heavy (non-hydrogen) atoms. The Morgan fingerprint density at radius 3 is 2.83 bits per heavy atom. The quantitative estimate of drug-likeness (QED) is 0.744. The van der Waals surface area contributed by atoms with E-state index in [1.54, 1.807) is 6.07 Å². The predicted molar refractivity (Wildman–Crippen MR) is 86.4 cm³/mol. The Balaban J connectivity index is 1.93. The van der Waals surface area contributed by atoms with Crippen molar-refractivity contribution in [2.45, 2.75) is 38.3 Å². The van der Waals surface area contributed by atoms with Gasteiger partial charge in [-0.05, 0) is 19.9 Å². The zero-order valence-corrected chi connectivity index (χ0v) is 14.1. The highest BCUT2D eigenvalue weighted by Crippen LogP contribution is 2.41. The third-order valence-corrected chi connectivity index (χ3v) is 3.66. The van der Waals surface area contributed by atoms with Crippen LogP contribution in [0.15, 0.2) is 18.2 Å². The molecule has 0 spiro atoms. The lowest BCUT2D eigenvalue weighted by Gasteiger charge is -2.18. The molecule has 2 rings (SSSR count). The second kappa shape index (κ2) is 7.53. The van der Waals surface area contributed by atoms with Crippen LogP contribution in [0.2, 0.25) is 0 Å². The van der Waals surface area contributed by atoms with E-state index in [0.717, 1.165) is 12.0 Å². The Morgan fingerprint density at radius 1 is 1.42 bits per heavy atom. The number of hydrogen-bond acceptors (Lipinski definition) is 5. The molecule has 1 unspecified atom stereocenters. The van der Waals surface area contributed by atoms with E-state index in [1.165, 1.54) is 7.11 Å². The van der Waals surface area contributed by atoms with Crippen LogP contribution in [0.4, 0.5) is 0 Å². The van der Waals surface area contributed by atoms with Crippen molar-refractivity contribution in [1.82, 2.24) is 5.32 Å². The Morgan fingerprint density at radius 2 is 2.17 bits per heavy atom. The van der Waals surface area contributed by atoms with E-state index in [9.17, 15) is 9.59 Å². The van der Waals surface area contributed by atoms with Crippen LogP contribution in [0.25, 0.3) is 0 Å². The maximum absolute atomic E-state index is 11.9. The first-order valence-corrected chi connectivity index (χ1v) is 7.77. The average molecular weight is 337 g/mol. The van der Waals surface area contributed by atoms with Crippen LogP contribution in [-0.4, -0.2) is 48.9 Å². The van der Waals surface area contributed by atoms with Crippen LogP contribution >= 0.6 is 0 Å². The van der Waals surface area contributed by atoms with Crippen LogP contribution < -0.4 is 14.8 Å². The molecule has 0 fully saturated rings. The standard InChI is InChI=1S/C17H23NO6/c1-17(2)9-11-5-4-6-13(15(11)24-17)23-10-14(19)18-12(16(20)21)7-8-22-3/h4-6,12H,7-10H2,1-3H3,(H,18,19)(H,20,21). The van der Waals surface area contributed by atoms with E-state index < -0.39 is 17.9 Å². The predicted octanol–water partition coefficient (Wildman–Crippen LogP) is 1.38. The van der Waals surface area contributed by atoms with Gasteiger partial charge < -0.3 is 24.6 Å². The molecule has 0 saturated heterocycles. The summed E-state index contributed by atoms with van der Waals surface area (Å²) in [6.07, 6.45) is 0.958. The number of para-hydroxylation sites is 1. The number of carbonyl (C=O) groups excluding carboxylic acids is 1. The second-order valence-corrected chi connectivity index (χ2v) is 6.31. The highest BCUT2D eigenvalue weighted by Gasteiger charge is 2.32. The van der Waals surface area contributed by atoms with Gasteiger partial charge in [0.05, 0.1) is 0 Å². The molecule has 132 valence electrons. The molecule has 7 heteroatoms. The molecule has 1 aliphatic heterocycles. The molecule has 1 aromatic rings. The van der Waals surface area contributed by atoms with Gasteiger partial charge in [-0.3, -0.25) is 4.79 Å². The van der Waals surface area contributed by atoms with E-state index in [1.807, 2.05) is 26.0 Å². The Labute approximate surface area is 140 Å². The third kappa shape index (κ3) is 4.61. The highest BCUT2D eigenvalue weighted by molar-refractivity contribution is 5.84. The monoisotopic (exact) mass is 337 g/mol. The van der Waals surface area contributed by atoms with Gasteiger partial charge in [0, 0.05) is 32.1 Å². The van der Waals surface area contributed by atoms with Crippen molar-refractivity contribution in [3.63, 3.8) is 0 Å². The van der Waals surface area contributed by atoms with E-state index in [2.05, 4.69) is 5.32 Å². The van der Waals surface area contributed by atoms with Crippen molar-refractivity contribution < 1.29 is 28.9 Å². The molecule has 1 heterocycles. The van der Waals surface area contributed by atoms with Gasteiger partial charge in [-0.2, -0.15) is 0 Å². The van der Waals surface area contributed by atoms with Crippen LogP contribution in [0.3, 0.4) is 0 Å². The summed E-state index contributed by atoms with van der Waals surface area (Å²) in [5.74, 6) is -0.485. The van der Waals surface area contributed by atoms with Crippen LogP contribution in [0.1, 0.15) is 25.8 Å². The summed E-state index contributed by atoms with van der Waals surface area (Å²) in [5, 5.41) is 11.5. The Kier molecular flexibility index (Phi) is 5.66. The van der Waals surface area contributed by atoms with Crippen molar-refractivity contribution in [3.8, 4) is 11.5 Å². The molecule has 1 atom stereocenters. The van der Waals surface area contributed by atoms with Gasteiger partial charge in [0.1, 0.15) is 11.6 Å². The number of rotatable bonds is 8. The molecule has 0 radical (unpaired) electrons. The lowest BCUT2D eigenvalue weighted by atomic mass is 10.0. The lowest BCUT2D eigenvalue weighted by Crippen LogP contribution is -2.43. The lowest BCUT2D eigenvalue weighted by molar-refractivity contribution is -0.142. The molecule has 1 aliphatic rings. The van der Waals surface area contributed by atoms with Crippen molar-refractivity contribution in [2.75, 3.05) is 20.3 Å². The normalized spacial score (nSPS) is 16.0. The molecule has 1 aromatic carbocycles. The number of hydrogen-bond donors (Lipinski definition) is 2. The fourth-order valence-corrected chi connectivity index (χ4v) is 2.57. The molecular weight excluding hydrogens is 314 g/mol. The van der Waals surface area contributed by atoms with Gasteiger partial charge in [0.25, 0.3) is 5.91 Å². The number of ether oxygens (including phenoxy) is 3. The second-order valence-electron chi connectivity index (χ2n) is 6.31. The fourth-order valence-electron chi connectivity index (χ4n) is 2.57. The summed E-state index contributed by atoms with van der Waals surface area (Å²) in [5.41, 5.74) is 0.722. The minimum absolute atomic E-state index is 0.190. The van der Waals surface area contributed by atoms with Crippen molar-refractivity contribution in [1.29, 1.82) is 0 Å². The van der Waals surface area contributed by atoms with Crippen molar-refractivity contribution in [3.05, 3.63) is 23.8 Å². The number of carboxylic acid groups (broad SMARTS) is 1. The summed E-state index contributed by atoms with van der Waals surface area (Å²) < 4.78 is 16.2. The maximum atomic E-state index is 11.9. The van der Waals surface area contributed by atoms with E-state index in [4.69, 9.17) is 19.3 Å². The van der Waals surface area contributed by atoms with E-state index >= 15 is 0 Å².